The lowest BCUT2D eigenvalue weighted by molar-refractivity contribution is 0.418. The highest BCUT2D eigenvalue weighted by Gasteiger charge is 2.03. The Bertz CT molecular complexity index is 584. The maximum atomic E-state index is 11.8. The maximum Gasteiger partial charge on any atom is 0.266 e. The van der Waals surface area contributed by atoms with Crippen molar-refractivity contribution in [1.29, 1.82) is 0 Å². The van der Waals surface area contributed by atoms with Crippen molar-refractivity contribution >= 4 is 23.4 Å². The molecule has 100 valence electrons. The predicted octanol–water partition coefficient (Wildman–Crippen LogP) is 3.58. The molecule has 0 aliphatic carbocycles. The Balaban J connectivity index is 2.01. The van der Waals surface area contributed by atoms with Gasteiger partial charge in [-0.15, -0.1) is 0 Å². The molecular weight excluding hydrogens is 294 g/mol. The van der Waals surface area contributed by atoms with Crippen molar-refractivity contribution in [2.45, 2.75) is 11.6 Å². The van der Waals surface area contributed by atoms with Crippen LogP contribution in [0.5, 0.6) is 0 Å². The highest BCUT2D eigenvalue weighted by molar-refractivity contribution is 7.99. The van der Waals surface area contributed by atoms with E-state index < -0.39 is 6.08 Å². The van der Waals surface area contributed by atoms with Crippen LogP contribution in [0.2, 0.25) is 5.02 Å². The molecule has 0 saturated carbocycles. The van der Waals surface area contributed by atoms with E-state index in [1.807, 2.05) is 0 Å². The maximum absolute atomic E-state index is 11.8. The number of hydrogen-bond acceptors (Lipinski definition) is 4. The van der Waals surface area contributed by atoms with E-state index in [2.05, 4.69) is 15.1 Å². The van der Waals surface area contributed by atoms with Crippen LogP contribution in [0.4, 0.5) is 8.78 Å². The van der Waals surface area contributed by atoms with Crippen molar-refractivity contribution in [2.75, 3.05) is 5.75 Å². The summed E-state index contributed by atoms with van der Waals surface area (Å²) in [5, 5.41) is 5.04. The van der Waals surface area contributed by atoms with Crippen molar-refractivity contribution in [3.63, 3.8) is 0 Å². The number of aromatic nitrogens is 4. The lowest BCUT2D eigenvalue weighted by Crippen LogP contribution is -1.99. The number of nitrogens with zero attached hydrogens (tertiary/aromatic N) is 4. The van der Waals surface area contributed by atoms with Gasteiger partial charge < -0.3 is 0 Å². The Morgan fingerprint density at radius 3 is 3.00 bits per heavy atom. The fourth-order valence-electron chi connectivity index (χ4n) is 1.27. The normalized spacial score (nSPS) is 10.5. The lowest BCUT2D eigenvalue weighted by atomic mass is 10.5. The van der Waals surface area contributed by atoms with Crippen LogP contribution in [-0.4, -0.2) is 25.5 Å². The molecule has 0 saturated heterocycles. The third-order valence-corrected chi connectivity index (χ3v) is 3.14. The molecule has 2 rings (SSSR count). The van der Waals surface area contributed by atoms with Crippen LogP contribution < -0.4 is 0 Å². The van der Waals surface area contributed by atoms with E-state index in [0.717, 1.165) is 6.08 Å². The van der Waals surface area contributed by atoms with Crippen molar-refractivity contribution in [1.82, 2.24) is 19.7 Å². The second-order valence-corrected chi connectivity index (χ2v) is 4.93. The fraction of sp³-hybridized carbons (Fsp3) is 0.182. The van der Waals surface area contributed by atoms with Gasteiger partial charge in [-0.05, 0) is 12.5 Å². The Morgan fingerprint density at radius 1 is 1.47 bits per heavy atom. The zero-order valence-electron chi connectivity index (χ0n) is 9.63. The van der Waals surface area contributed by atoms with Crippen LogP contribution in [0.1, 0.15) is 6.42 Å². The molecular formula is C11H9ClF2N4S. The van der Waals surface area contributed by atoms with E-state index in [4.69, 9.17) is 11.6 Å². The van der Waals surface area contributed by atoms with Gasteiger partial charge in [0.15, 0.2) is 11.0 Å². The van der Waals surface area contributed by atoms with Gasteiger partial charge in [0.1, 0.15) is 0 Å². The first-order chi connectivity index (χ1) is 9.15. The van der Waals surface area contributed by atoms with Gasteiger partial charge in [-0.1, -0.05) is 23.4 Å². The Kier molecular flexibility index (Phi) is 4.86. The number of halogens is 3. The quantitative estimate of drug-likeness (QED) is 0.481. The summed E-state index contributed by atoms with van der Waals surface area (Å²) in [5.41, 5.74) is 0. The minimum atomic E-state index is -1.67. The summed E-state index contributed by atoms with van der Waals surface area (Å²) in [4.78, 5) is 8.32. The smallest absolute Gasteiger partial charge is 0.231 e. The van der Waals surface area contributed by atoms with Crippen LogP contribution in [0.25, 0.3) is 5.82 Å². The first-order valence-electron chi connectivity index (χ1n) is 5.33. The Labute approximate surface area is 117 Å². The molecule has 19 heavy (non-hydrogen) atoms. The monoisotopic (exact) mass is 302 g/mol. The lowest BCUT2D eigenvalue weighted by Gasteiger charge is -2.02. The van der Waals surface area contributed by atoms with Gasteiger partial charge in [-0.3, -0.25) is 0 Å². The molecule has 4 nitrogen and oxygen atoms in total. The van der Waals surface area contributed by atoms with Gasteiger partial charge in [-0.2, -0.15) is 13.9 Å². The summed E-state index contributed by atoms with van der Waals surface area (Å²) in [6, 6.07) is 1.69. The second kappa shape index (κ2) is 6.63. The van der Waals surface area contributed by atoms with E-state index in [-0.39, 0.29) is 6.42 Å². The van der Waals surface area contributed by atoms with E-state index >= 15 is 0 Å². The summed E-state index contributed by atoms with van der Waals surface area (Å²) in [5.74, 6) is 1.07. The minimum Gasteiger partial charge on any atom is -0.231 e. The van der Waals surface area contributed by atoms with Gasteiger partial charge in [0.05, 0.1) is 17.4 Å². The number of hydrogen-bond donors (Lipinski definition) is 0. The molecule has 0 aliphatic heterocycles. The Morgan fingerprint density at radius 2 is 2.32 bits per heavy atom. The van der Waals surface area contributed by atoms with Crippen LogP contribution >= 0.6 is 23.4 Å². The van der Waals surface area contributed by atoms with Gasteiger partial charge in [0, 0.05) is 18.0 Å². The molecule has 8 heteroatoms. The summed E-state index contributed by atoms with van der Waals surface area (Å²) in [6.45, 7) is 0. The molecule has 0 aromatic carbocycles. The first-order valence-corrected chi connectivity index (χ1v) is 6.69. The standard InChI is InChI=1S/C11H9ClF2N4S/c12-8-6-16-18(7-8)10-3-4-15-11(17-10)19-5-1-2-9(13)14/h2-4,6-7H,1,5H2. The van der Waals surface area contributed by atoms with Gasteiger partial charge in [-0.25, -0.2) is 14.6 Å². The second-order valence-electron chi connectivity index (χ2n) is 3.43. The van der Waals surface area contributed by atoms with Crippen LogP contribution in [0, 0.1) is 0 Å². The number of allylic oxidation sites excluding steroid dienone is 1. The predicted molar refractivity (Wildman–Crippen MR) is 69.8 cm³/mol. The minimum absolute atomic E-state index is 0.272. The summed E-state index contributed by atoms with van der Waals surface area (Å²) in [7, 11) is 0. The fourth-order valence-corrected chi connectivity index (χ4v) is 2.12. The highest BCUT2D eigenvalue weighted by Crippen LogP contribution is 2.16. The van der Waals surface area contributed by atoms with Crippen LogP contribution in [-0.2, 0) is 0 Å². The van der Waals surface area contributed by atoms with Crippen molar-refractivity contribution in [3.05, 3.63) is 41.8 Å². The topological polar surface area (TPSA) is 43.6 Å². The third kappa shape index (κ3) is 4.29. The first kappa shape index (κ1) is 14.0. The molecule has 0 unspecified atom stereocenters. The van der Waals surface area contributed by atoms with Crippen molar-refractivity contribution < 1.29 is 8.78 Å². The molecule has 0 aliphatic rings. The van der Waals surface area contributed by atoms with E-state index in [9.17, 15) is 8.78 Å². The zero-order valence-corrected chi connectivity index (χ0v) is 11.2. The van der Waals surface area contributed by atoms with Gasteiger partial charge >= 0.3 is 0 Å². The van der Waals surface area contributed by atoms with Crippen LogP contribution in [0.3, 0.4) is 0 Å². The molecule has 0 bridgehead atoms. The number of rotatable bonds is 5. The summed E-state index contributed by atoms with van der Waals surface area (Å²) in [6.07, 6.45) is 4.20. The zero-order chi connectivity index (χ0) is 13.7. The van der Waals surface area contributed by atoms with E-state index in [0.29, 0.717) is 21.7 Å². The third-order valence-electron chi connectivity index (χ3n) is 2.05. The van der Waals surface area contributed by atoms with Gasteiger partial charge in [0.2, 0.25) is 0 Å². The SMILES string of the molecule is FC(F)=CCCSc1nccc(-n2cc(Cl)cn2)n1. The largest absolute Gasteiger partial charge is 0.266 e. The molecule has 0 spiro atoms. The highest BCUT2D eigenvalue weighted by atomic mass is 35.5. The number of thioether (sulfide) groups is 1. The molecule has 0 atom stereocenters. The molecule has 2 aromatic heterocycles. The van der Waals surface area contributed by atoms with E-state index in [1.165, 1.54) is 22.6 Å². The Hall–Kier alpha value is -1.47. The molecule has 0 N–H and O–H groups in total. The molecule has 2 heterocycles. The summed E-state index contributed by atoms with van der Waals surface area (Å²) < 4.78 is 25.2. The summed E-state index contributed by atoms with van der Waals surface area (Å²) >= 11 is 7.08. The van der Waals surface area contributed by atoms with Gasteiger partial charge in [0.25, 0.3) is 6.08 Å². The average molecular weight is 303 g/mol. The molecule has 0 radical (unpaired) electrons. The molecule has 0 fully saturated rings. The molecule has 0 amide bonds. The van der Waals surface area contributed by atoms with Crippen molar-refractivity contribution in [3.8, 4) is 5.82 Å². The van der Waals surface area contributed by atoms with Crippen molar-refractivity contribution in [2.24, 2.45) is 0 Å². The van der Waals surface area contributed by atoms with E-state index in [1.54, 1.807) is 18.5 Å². The molecule has 2 aromatic rings. The average Bonchev–Trinajstić information content (AvgIpc) is 2.82. The van der Waals surface area contributed by atoms with Crippen LogP contribution in [0.15, 0.2) is 42.0 Å².